The number of benzene rings is 2. The molecule has 0 radical (unpaired) electrons. The zero-order valence-corrected chi connectivity index (χ0v) is 16.7. The van der Waals surface area contributed by atoms with Gasteiger partial charge in [-0.1, -0.05) is 23.7 Å². The van der Waals surface area contributed by atoms with Gasteiger partial charge in [0.15, 0.2) is 0 Å². The summed E-state index contributed by atoms with van der Waals surface area (Å²) in [7, 11) is 1.08. The predicted octanol–water partition coefficient (Wildman–Crippen LogP) is 4.82. The van der Waals surface area contributed by atoms with Crippen molar-refractivity contribution >= 4 is 23.5 Å². The van der Waals surface area contributed by atoms with Gasteiger partial charge >= 0.3 is 18.3 Å². The predicted molar refractivity (Wildman–Crippen MR) is 99.3 cm³/mol. The molecule has 1 atom stereocenters. The molecule has 0 aliphatic rings. The molecule has 4 nitrogen and oxygen atoms in total. The standard InChI is InChI=1S/C20H16ClF6NO3/c1-31-18(30)16(8-11-2-4-15(21)5-3-11)28-17(29)9-12-6-13(19(22,23)24)10-14(7-12)20(25,26)27/h2-7,10,16H,8-9H2,1H3,(H,28,29)/t16-/m0/s1. The van der Waals surface area contributed by atoms with E-state index in [4.69, 9.17) is 11.6 Å². The zero-order chi connectivity index (χ0) is 23.4. The Labute approximate surface area is 178 Å². The van der Waals surface area contributed by atoms with E-state index in [9.17, 15) is 35.9 Å². The second kappa shape index (κ2) is 9.59. The average molecular weight is 468 g/mol. The van der Waals surface area contributed by atoms with E-state index in [1.807, 2.05) is 0 Å². The van der Waals surface area contributed by atoms with Crippen LogP contribution in [0.2, 0.25) is 5.02 Å². The van der Waals surface area contributed by atoms with Gasteiger partial charge in [-0.05, 0) is 41.5 Å². The lowest BCUT2D eigenvalue weighted by atomic mass is 10.0. The lowest BCUT2D eigenvalue weighted by Crippen LogP contribution is -2.43. The summed E-state index contributed by atoms with van der Waals surface area (Å²) in [5.74, 6) is -1.78. The van der Waals surface area contributed by atoms with Crippen molar-refractivity contribution in [3.05, 3.63) is 69.7 Å². The smallest absolute Gasteiger partial charge is 0.416 e. The first-order chi connectivity index (χ1) is 14.3. The first kappa shape index (κ1) is 24.5. The fraction of sp³-hybridized carbons (Fsp3) is 0.300. The number of halogens is 7. The van der Waals surface area contributed by atoms with Gasteiger partial charge in [0.05, 0.1) is 24.7 Å². The number of esters is 1. The van der Waals surface area contributed by atoms with Gasteiger partial charge in [0, 0.05) is 11.4 Å². The molecule has 0 aliphatic carbocycles. The van der Waals surface area contributed by atoms with Crippen LogP contribution >= 0.6 is 11.6 Å². The topological polar surface area (TPSA) is 55.4 Å². The Morgan fingerprint density at radius 1 is 0.935 bits per heavy atom. The molecule has 168 valence electrons. The molecule has 2 aromatic carbocycles. The molecule has 0 saturated heterocycles. The highest BCUT2D eigenvalue weighted by molar-refractivity contribution is 6.30. The third kappa shape index (κ3) is 7.16. The summed E-state index contributed by atoms with van der Waals surface area (Å²) in [6, 6.07) is 5.97. The quantitative estimate of drug-likeness (QED) is 0.489. The maximum Gasteiger partial charge on any atom is 0.416 e. The van der Waals surface area contributed by atoms with Crippen LogP contribution in [0.25, 0.3) is 0 Å². The van der Waals surface area contributed by atoms with Crippen LogP contribution in [0.4, 0.5) is 26.3 Å². The van der Waals surface area contributed by atoms with Gasteiger partial charge in [-0.2, -0.15) is 26.3 Å². The van der Waals surface area contributed by atoms with Gasteiger partial charge in [0.2, 0.25) is 5.91 Å². The highest BCUT2D eigenvalue weighted by Crippen LogP contribution is 2.36. The summed E-state index contributed by atoms with van der Waals surface area (Å²) in [6.45, 7) is 0. The minimum Gasteiger partial charge on any atom is -0.467 e. The molecule has 0 aromatic heterocycles. The molecular formula is C20H16ClF6NO3. The first-order valence-electron chi connectivity index (χ1n) is 8.69. The summed E-state index contributed by atoms with van der Waals surface area (Å²) >= 11 is 5.78. The Morgan fingerprint density at radius 2 is 1.45 bits per heavy atom. The van der Waals surface area contributed by atoms with Crippen LogP contribution in [0.3, 0.4) is 0 Å². The Bertz CT molecular complexity index is 909. The number of alkyl halides is 6. The fourth-order valence-electron chi connectivity index (χ4n) is 2.74. The van der Waals surface area contributed by atoms with Gasteiger partial charge in [-0.15, -0.1) is 0 Å². The molecule has 0 bridgehead atoms. The lowest BCUT2D eigenvalue weighted by Gasteiger charge is -2.18. The first-order valence-corrected chi connectivity index (χ1v) is 9.07. The number of rotatable bonds is 6. The van der Waals surface area contributed by atoms with Crippen molar-refractivity contribution in [3.8, 4) is 0 Å². The van der Waals surface area contributed by atoms with E-state index in [1.54, 1.807) is 24.3 Å². The molecule has 1 N–H and O–H groups in total. The highest BCUT2D eigenvalue weighted by Gasteiger charge is 2.37. The van der Waals surface area contributed by atoms with Crippen molar-refractivity contribution in [2.45, 2.75) is 31.2 Å². The van der Waals surface area contributed by atoms with Crippen molar-refractivity contribution in [1.82, 2.24) is 5.32 Å². The second-order valence-electron chi connectivity index (χ2n) is 6.56. The molecule has 0 fully saturated rings. The van der Waals surface area contributed by atoms with E-state index in [-0.39, 0.29) is 12.5 Å². The number of carbonyl (C=O) groups excluding carboxylic acids is 2. The van der Waals surface area contributed by atoms with Crippen LogP contribution in [-0.2, 0) is 39.5 Å². The van der Waals surface area contributed by atoms with E-state index >= 15 is 0 Å². The number of methoxy groups -OCH3 is 1. The largest absolute Gasteiger partial charge is 0.467 e. The van der Waals surface area contributed by atoms with Crippen LogP contribution in [0.1, 0.15) is 22.3 Å². The molecular weight excluding hydrogens is 452 g/mol. The lowest BCUT2D eigenvalue weighted by molar-refractivity contribution is -0.145. The van der Waals surface area contributed by atoms with Gasteiger partial charge < -0.3 is 10.1 Å². The normalized spacial score (nSPS) is 12.9. The molecule has 1 amide bonds. The van der Waals surface area contributed by atoms with Crippen LogP contribution in [0.15, 0.2) is 42.5 Å². The van der Waals surface area contributed by atoms with Gasteiger partial charge in [-0.3, -0.25) is 4.79 Å². The monoisotopic (exact) mass is 467 g/mol. The summed E-state index contributed by atoms with van der Waals surface area (Å²) in [4.78, 5) is 24.3. The molecule has 0 heterocycles. The number of nitrogens with one attached hydrogen (secondary N) is 1. The number of hydrogen-bond donors (Lipinski definition) is 1. The maximum absolute atomic E-state index is 13.0. The molecule has 2 aromatic rings. The van der Waals surface area contributed by atoms with Crippen molar-refractivity contribution in [2.24, 2.45) is 0 Å². The summed E-state index contributed by atoms with van der Waals surface area (Å²) in [6.07, 6.45) is -10.9. The maximum atomic E-state index is 13.0. The summed E-state index contributed by atoms with van der Waals surface area (Å²) < 4.78 is 82.4. The van der Waals surface area contributed by atoms with Crippen molar-refractivity contribution in [1.29, 1.82) is 0 Å². The fourth-order valence-corrected chi connectivity index (χ4v) is 2.87. The van der Waals surface area contributed by atoms with Crippen molar-refractivity contribution in [2.75, 3.05) is 7.11 Å². The SMILES string of the molecule is COC(=O)[C@H](Cc1ccc(Cl)cc1)NC(=O)Cc1cc(C(F)(F)F)cc(C(F)(F)F)c1. The van der Waals surface area contributed by atoms with E-state index in [1.165, 1.54) is 0 Å². The minimum absolute atomic E-state index is 0.0219. The molecule has 0 aliphatic heterocycles. The molecule has 0 saturated carbocycles. The van der Waals surface area contributed by atoms with Crippen LogP contribution < -0.4 is 5.32 Å². The van der Waals surface area contributed by atoms with Crippen molar-refractivity contribution in [3.63, 3.8) is 0 Å². The zero-order valence-electron chi connectivity index (χ0n) is 15.9. The third-order valence-electron chi connectivity index (χ3n) is 4.19. The van der Waals surface area contributed by atoms with Crippen LogP contribution in [0.5, 0.6) is 0 Å². The van der Waals surface area contributed by atoms with Gasteiger partial charge in [-0.25, -0.2) is 4.79 Å². The molecule has 11 heteroatoms. The number of carbonyl (C=O) groups is 2. The Hall–Kier alpha value is -2.75. The number of ether oxygens (including phenoxy) is 1. The van der Waals surface area contributed by atoms with E-state index < -0.39 is 53.4 Å². The minimum atomic E-state index is -5.03. The summed E-state index contributed by atoms with van der Waals surface area (Å²) in [5, 5.41) is 2.72. The molecule has 0 spiro atoms. The van der Waals surface area contributed by atoms with Crippen LogP contribution in [0, 0.1) is 0 Å². The number of amides is 1. The highest BCUT2D eigenvalue weighted by atomic mass is 35.5. The van der Waals surface area contributed by atoms with E-state index in [0.29, 0.717) is 22.7 Å². The second-order valence-corrected chi connectivity index (χ2v) is 7.00. The summed E-state index contributed by atoms with van der Waals surface area (Å²) in [5.41, 5.74) is -2.97. The van der Waals surface area contributed by atoms with Crippen LogP contribution in [-0.4, -0.2) is 25.0 Å². The molecule has 2 rings (SSSR count). The van der Waals surface area contributed by atoms with Crippen molar-refractivity contribution < 1.29 is 40.7 Å². The number of hydrogen-bond acceptors (Lipinski definition) is 3. The van der Waals surface area contributed by atoms with Gasteiger partial charge in [0.25, 0.3) is 0 Å². The van der Waals surface area contributed by atoms with E-state index in [0.717, 1.165) is 7.11 Å². The third-order valence-corrected chi connectivity index (χ3v) is 4.44. The van der Waals surface area contributed by atoms with Gasteiger partial charge in [0.1, 0.15) is 6.04 Å². The Balaban J connectivity index is 2.23. The molecule has 0 unspecified atom stereocenters. The average Bonchev–Trinajstić information content (AvgIpc) is 2.66. The molecule has 31 heavy (non-hydrogen) atoms. The van der Waals surface area contributed by atoms with E-state index in [2.05, 4.69) is 10.1 Å². The Morgan fingerprint density at radius 3 is 1.90 bits per heavy atom. The Kier molecular flexibility index (Phi) is 7.58.